The summed E-state index contributed by atoms with van der Waals surface area (Å²) in [5, 5.41) is 10.4. The van der Waals surface area contributed by atoms with E-state index in [1.165, 1.54) is 11.1 Å². The molecule has 1 aromatic rings. The topological polar surface area (TPSA) is 32.7 Å². The molecule has 1 aromatic carbocycles. The van der Waals surface area contributed by atoms with E-state index in [4.69, 9.17) is 4.74 Å². The van der Waals surface area contributed by atoms with Gasteiger partial charge in [0.25, 0.3) is 0 Å². The molecule has 1 fully saturated rings. The number of aliphatic hydroxyl groups is 1. The van der Waals surface area contributed by atoms with E-state index in [1.807, 2.05) is 0 Å². The molecule has 3 nitrogen and oxygen atoms in total. The molecule has 2 unspecified atom stereocenters. The second kappa shape index (κ2) is 7.21. The van der Waals surface area contributed by atoms with Crippen LogP contribution < -0.4 is 0 Å². The molecule has 3 heteroatoms. The van der Waals surface area contributed by atoms with E-state index in [0.29, 0.717) is 6.10 Å². The van der Waals surface area contributed by atoms with Crippen LogP contribution in [0.25, 0.3) is 0 Å². The minimum absolute atomic E-state index is 0.363. The van der Waals surface area contributed by atoms with Crippen molar-refractivity contribution in [2.75, 3.05) is 26.2 Å². The van der Waals surface area contributed by atoms with Gasteiger partial charge in [0.15, 0.2) is 0 Å². The summed E-state index contributed by atoms with van der Waals surface area (Å²) in [6.45, 7) is 10.1. The van der Waals surface area contributed by atoms with Gasteiger partial charge in [0.2, 0.25) is 0 Å². The molecule has 0 amide bonds. The largest absolute Gasteiger partial charge is 0.388 e. The zero-order valence-electron chi connectivity index (χ0n) is 12.9. The lowest BCUT2D eigenvalue weighted by molar-refractivity contribution is -0.0330. The van der Waals surface area contributed by atoms with E-state index >= 15 is 0 Å². The van der Waals surface area contributed by atoms with E-state index in [2.05, 4.69) is 43.9 Å². The Balaban J connectivity index is 1.86. The molecule has 0 saturated carbocycles. The van der Waals surface area contributed by atoms with Crippen molar-refractivity contribution in [2.24, 2.45) is 0 Å². The highest BCUT2D eigenvalue weighted by Gasteiger charge is 2.19. The fraction of sp³-hybridized carbons (Fsp3) is 0.647. The number of aliphatic hydroxyl groups excluding tert-OH is 1. The van der Waals surface area contributed by atoms with Gasteiger partial charge in [-0.3, -0.25) is 4.90 Å². The van der Waals surface area contributed by atoms with Gasteiger partial charge in [-0.1, -0.05) is 36.2 Å². The maximum absolute atomic E-state index is 10.4. The fourth-order valence-corrected chi connectivity index (χ4v) is 2.90. The first-order chi connectivity index (χ1) is 9.58. The summed E-state index contributed by atoms with van der Waals surface area (Å²) in [4.78, 5) is 2.41. The minimum atomic E-state index is -0.364. The molecule has 20 heavy (non-hydrogen) atoms. The Labute approximate surface area is 122 Å². The Hall–Kier alpha value is -0.900. The second-order valence-corrected chi connectivity index (χ2v) is 5.93. The van der Waals surface area contributed by atoms with Gasteiger partial charge >= 0.3 is 0 Å². The van der Waals surface area contributed by atoms with Crippen LogP contribution in [0.2, 0.25) is 0 Å². The van der Waals surface area contributed by atoms with Gasteiger partial charge in [-0.15, -0.1) is 0 Å². The van der Waals surface area contributed by atoms with Gasteiger partial charge in [-0.2, -0.15) is 0 Å². The molecule has 0 aromatic heterocycles. The summed E-state index contributed by atoms with van der Waals surface area (Å²) in [5.74, 6) is 0. The average molecular weight is 277 g/mol. The van der Waals surface area contributed by atoms with Crippen molar-refractivity contribution >= 4 is 0 Å². The van der Waals surface area contributed by atoms with Crippen molar-refractivity contribution in [1.82, 2.24) is 4.90 Å². The van der Waals surface area contributed by atoms with Crippen LogP contribution >= 0.6 is 0 Å². The van der Waals surface area contributed by atoms with Crippen molar-refractivity contribution < 1.29 is 9.84 Å². The van der Waals surface area contributed by atoms with Crippen molar-refractivity contribution in [2.45, 2.75) is 45.8 Å². The summed E-state index contributed by atoms with van der Waals surface area (Å²) in [7, 11) is 0. The third-order valence-electron chi connectivity index (χ3n) is 4.03. The number of rotatable bonds is 5. The molecular formula is C17H27NO2. The minimum Gasteiger partial charge on any atom is -0.388 e. The van der Waals surface area contributed by atoms with Crippen molar-refractivity contribution in [1.29, 1.82) is 0 Å². The Morgan fingerprint density at radius 2 is 2.00 bits per heavy atom. The van der Waals surface area contributed by atoms with Crippen LogP contribution in [0.15, 0.2) is 18.2 Å². The third-order valence-corrected chi connectivity index (χ3v) is 4.03. The lowest BCUT2D eigenvalue weighted by Crippen LogP contribution is -2.42. The average Bonchev–Trinajstić information content (AvgIpc) is 2.44. The standard InChI is InChI=1S/C17H27NO2/c1-4-16-12-18(7-8-20-16)6-5-17(19)15-10-13(2)9-14(3)11-15/h9-11,16-17,19H,4-8,12H2,1-3H3. The van der Waals surface area contributed by atoms with E-state index in [0.717, 1.165) is 44.6 Å². The number of hydrogen-bond donors (Lipinski definition) is 1. The molecule has 1 aliphatic rings. The van der Waals surface area contributed by atoms with Crippen LogP contribution in [0.1, 0.15) is 42.6 Å². The van der Waals surface area contributed by atoms with Crippen LogP contribution in [0.4, 0.5) is 0 Å². The smallest absolute Gasteiger partial charge is 0.0802 e. The van der Waals surface area contributed by atoms with Crippen LogP contribution in [0, 0.1) is 13.8 Å². The highest BCUT2D eigenvalue weighted by Crippen LogP contribution is 2.20. The number of hydrogen-bond acceptors (Lipinski definition) is 3. The Morgan fingerprint density at radius 1 is 1.30 bits per heavy atom. The maximum Gasteiger partial charge on any atom is 0.0802 e. The highest BCUT2D eigenvalue weighted by atomic mass is 16.5. The van der Waals surface area contributed by atoms with Gasteiger partial charge in [0.05, 0.1) is 18.8 Å². The quantitative estimate of drug-likeness (QED) is 0.898. The first-order valence-corrected chi connectivity index (χ1v) is 7.68. The summed E-state index contributed by atoms with van der Waals surface area (Å²) in [5.41, 5.74) is 3.48. The maximum atomic E-state index is 10.4. The predicted octanol–water partition coefficient (Wildman–Crippen LogP) is 2.84. The molecule has 1 heterocycles. The van der Waals surface area contributed by atoms with Gasteiger partial charge in [-0.05, 0) is 32.3 Å². The lowest BCUT2D eigenvalue weighted by Gasteiger charge is -2.32. The van der Waals surface area contributed by atoms with Crippen LogP contribution in [0.5, 0.6) is 0 Å². The summed E-state index contributed by atoms with van der Waals surface area (Å²) in [6, 6.07) is 6.32. The molecule has 0 radical (unpaired) electrons. The zero-order valence-corrected chi connectivity index (χ0v) is 12.9. The molecule has 0 bridgehead atoms. The van der Waals surface area contributed by atoms with Crippen LogP contribution in [-0.2, 0) is 4.74 Å². The van der Waals surface area contributed by atoms with Gasteiger partial charge in [0, 0.05) is 19.6 Å². The molecule has 0 aliphatic carbocycles. The van der Waals surface area contributed by atoms with Crippen LogP contribution in [-0.4, -0.2) is 42.4 Å². The monoisotopic (exact) mass is 277 g/mol. The predicted molar refractivity (Wildman–Crippen MR) is 82.0 cm³/mol. The Kier molecular flexibility index (Phi) is 5.58. The molecule has 2 atom stereocenters. The number of aryl methyl sites for hydroxylation is 2. The normalized spacial score (nSPS) is 21.9. The van der Waals surface area contributed by atoms with E-state index in [9.17, 15) is 5.11 Å². The number of ether oxygens (including phenoxy) is 1. The Bertz CT molecular complexity index is 413. The first kappa shape index (κ1) is 15.5. The highest BCUT2D eigenvalue weighted by molar-refractivity contribution is 5.29. The molecular weight excluding hydrogens is 250 g/mol. The van der Waals surface area contributed by atoms with Gasteiger partial charge < -0.3 is 9.84 Å². The lowest BCUT2D eigenvalue weighted by atomic mass is 10.0. The van der Waals surface area contributed by atoms with Crippen molar-refractivity contribution in [3.63, 3.8) is 0 Å². The van der Waals surface area contributed by atoms with E-state index in [1.54, 1.807) is 0 Å². The fourth-order valence-electron chi connectivity index (χ4n) is 2.90. The van der Waals surface area contributed by atoms with E-state index in [-0.39, 0.29) is 6.10 Å². The SMILES string of the molecule is CCC1CN(CCC(O)c2cc(C)cc(C)c2)CCO1. The second-order valence-electron chi connectivity index (χ2n) is 5.93. The van der Waals surface area contributed by atoms with Gasteiger partial charge in [0.1, 0.15) is 0 Å². The summed E-state index contributed by atoms with van der Waals surface area (Å²) >= 11 is 0. The summed E-state index contributed by atoms with van der Waals surface area (Å²) in [6.07, 6.45) is 1.86. The molecule has 2 rings (SSSR count). The third kappa shape index (κ3) is 4.30. The number of nitrogens with zero attached hydrogens (tertiary/aromatic N) is 1. The zero-order chi connectivity index (χ0) is 14.5. The number of benzene rings is 1. The molecule has 1 aliphatic heterocycles. The first-order valence-electron chi connectivity index (χ1n) is 7.68. The molecule has 0 spiro atoms. The Morgan fingerprint density at radius 3 is 2.65 bits per heavy atom. The molecule has 1 N–H and O–H groups in total. The summed E-state index contributed by atoms with van der Waals surface area (Å²) < 4.78 is 5.68. The van der Waals surface area contributed by atoms with Gasteiger partial charge in [-0.25, -0.2) is 0 Å². The van der Waals surface area contributed by atoms with Crippen molar-refractivity contribution in [3.8, 4) is 0 Å². The molecule has 112 valence electrons. The van der Waals surface area contributed by atoms with E-state index < -0.39 is 0 Å². The van der Waals surface area contributed by atoms with Crippen molar-refractivity contribution in [3.05, 3.63) is 34.9 Å². The number of morpholine rings is 1. The van der Waals surface area contributed by atoms with Crippen LogP contribution in [0.3, 0.4) is 0 Å². The molecule has 1 saturated heterocycles.